The Morgan fingerprint density at radius 2 is 2.16 bits per heavy atom. The zero-order valence-corrected chi connectivity index (χ0v) is 12.5. The van der Waals surface area contributed by atoms with E-state index in [2.05, 4.69) is 19.9 Å². The molecule has 0 amide bonds. The first kappa shape index (κ1) is 13.0. The quantitative estimate of drug-likeness (QED) is 0.701. The second kappa shape index (κ2) is 3.97. The van der Waals surface area contributed by atoms with Gasteiger partial charge in [-0.2, -0.15) is 0 Å². The maximum absolute atomic E-state index is 12.2. The average Bonchev–Trinajstić information content (AvgIpc) is 2.66. The highest BCUT2D eigenvalue weighted by Crippen LogP contribution is 2.61. The standard InChI is InChI=1S/C17H24O2/c1-5-19-15(18)17(4)9-12-8-16(3)7-6-14(16)11(2)13(12)10-17/h10,12H,5-9H2,1-4H3/t12-,16+,17?/m1/s1. The molecule has 0 radical (unpaired) electrons. The molecular formula is C17H24O2. The first-order valence-corrected chi connectivity index (χ1v) is 7.50. The van der Waals surface area contributed by atoms with Gasteiger partial charge in [0, 0.05) is 0 Å². The van der Waals surface area contributed by atoms with Gasteiger partial charge < -0.3 is 4.74 Å². The van der Waals surface area contributed by atoms with E-state index in [4.69, 9.17) is 4.74 Å². The fourth-order valence-electron chi connectivity index (χ4n) is 4.44. The van der Waals surface area contributed by atoms with Gasteiger partial charge in [0.2, 0.25) is 0 Å². The Bertz CT molecular complexity index is 499. The van der Waals surface area contributed by atoms with Crippen molar-refractivity contribution in [1.82, 2.24) is 0 Å². The summed E-state index contributed by atoms with van der Waals surface area (Å²) in [6.45, 7) is 9.04. The maximum atomic E-state index is 12.2. The number of carbonyl (C=O) groups excluding carboxylic acids is 1. The molecule has 0 aromatic carbocycles. The van der Waals surface area contributed by atoms with Crippen LogP contribution in [0.5, 0.6) is 0 Å². The third-order valence-electron chi connectivity index (χ3n) is 5.56. The summed E-state index contributed by atoms with van der Waals surface area (Å²) in [4.78, 5) is 12.2. The molecule has 104 valence electrons. The number of esters is 1. The molecule has 19 heavy (non-hydrogen) atoms. The summed E-state index contributed by atoms with van der Waals surface area (Å²) in [6.07, 6.45) is 6.93. The number of ether oxygens (including phenoxy) is 1. The normalized spacial score (nSPS) is 40.2. The lowest BCUT2D eigenvalue weighted by molar-refractivity contribution is -0.151. The molecule has 2 nitrogen and oxygen atoms in total. The van der Waals surface area contributed by atoms with Gasteiger partial charge in [-0.3, -0.25) is 4.79 Å². The highest BCUT2D eigenvalue weighted by molar-refractivity contribution is 5.80. The van der Waals surface area contributed by atoms with E-state index in [1.807, 2.05) is 13.8 Å². The number of hydrogen-bond donors (Lipinski definition) is 0. The van der Waals surface area contributed by atoms with Crippen LogP contribution >= 0.6 is 0 Å². The lowest BCUT2D eigenvalue weighted by atomic mass is 9.55. The van der Waals surface area contributed by atoms with E-state index in [9.17, 15) is 4.79 Å². The molecule has 1 saturated carbocycles. The van der Waals surface area contributed by atoms with Crippen LogP contribution in [0.15, 0.2) is 22.8 Å². The Morgan fingerprint density at radius 3 is 2.74 bits per heavy atom. The predicted molar refractivity (Wildman–Crippen MR) is 75.6 cm³/mol. The van der Waals surface area contributed by atoms with E-state index in [1.165, 1.54) is 30.4 Å². The molecule has 3 rings (SSSR count). The SMILES string of the molecule is CCOC(=O)C1(C)C=C2C(C)=C3CC[C@@]3(C)C[C@@H]2C1. The van der Waals surface area contributed by atoms with Crippen molar-refractivity contribution in [3.63, 3.8) is 0 Å². The van der Waals surface area contributed by atoms with Gasteiger partial charge in [-0.15, -0.1) is 0 Å². The first-order chi connectivity index (χ1) is 8.89. The van der Waals surface area contributed by atoms with Gasteiger partial charge in [-0.05, 0) is 68.9 Å². The molecule has 2 heteroatoms. The van der Waals surface area contributed by atoms with Crippen LogP contribution in [-0.2, 0) is 9.53 Å². The van der Waals surface area contributed by atoms with Crippen LogP contribution < -0.4 is 0 Å². The maximum Gasteiger partial charge on any atom is 0.315 e. The summed E-state index contributed by atoms with van der Waals surface area (Å²) in [5.41, 5.74) is 4.56. The van der Waals surface area contributed by atoms with Gasteiger partial charge in [0.15, 0.2) is 0 Å². The zero-order valence-electron chi connectivity index (χ0n) is 12.5. The summed E-state index contributed by atoms with van der Waals surface area (Å²) in [7, 11) is 0. The Labute approximate surface area is 115 Å². The van der Waals surface area contributed by atoms with Crippen molar-refractivity contribution in [3.05, 3.63) is 22.8 Å². The van der Waals surface area contributed by atoms with Crippen molar-refractivity contribution in [2.45, 2.75) is 53.4 Å². The van der Waals surface area contributed by atoms with Crippen molar-refractivity contribution in [2.24, 2.45) is 16.7 Å². The van der Waals surface area contributed by atoms with Crippen LogP contribution in [0.1, 0.15) is 53.4 Å². The third kappa shape index (κ3) is 1.72. The van der Waals surface area contributed by atoms with Crippen molar-refractivity contribution in [1.29, 1.82) is 0 Å². The minimum absolute atomic E-state index is 0.0489. The number of allylic oxidation sites excluding steroid dienone is 3. The Kier molecular flexibility index (Phi) is 2.71. The molecule has 0 saturated heterocycles. The molecule has 3 aliphatic carbocycles. The van der Waals surface area contributed by atoms with E-state index in [0.29, 0.717) is 17.9 Å². The van der Waals surface area contributed by atoms with Crippen LogP contribution in [0, 0.1) is 16.7 Å². The minimum atomic E-state index is -0.405. The van der Waals surface area contributed by atoms with Crippen LogP contribution in [0.2, 0.25) is 0 Å². The van der Waals surface area contributed by atoms with Crippen molar-refractivity contribution >= 4 is 5.97 Å². The van der Waals surface area contributed by atoms with Gasteiger partial charge >= 0.3 is 5.97 Å². The van der Waals surface area contributed by atoms with E-state index in [1.54, 1.807) is 5.57 Å². The number of rotatable bonds is 2. The van der Waals surface area contributed by atoms with Crippen LogP contribution in [0.4, 0.5) is 0 Å². The Balaban J connectivity index is 1.93. The van der Waals surface area contributed by atoms with Crippen LogP contribution in [0.3, 0.4) is 0 Å². The molecule has 0 heterocycles. The van der Waals surface area contributed by atoms with E-state index < -0.39 is 5.41 Å². The number of hydrogen-bond acceptors (Lipinski definition) is 2. The average molecular weight is 260 g/mol. The predicted octanol–water partition coefficient (Wildman–Crippen LogP) is 4.02. The lowest BCUT2D eigenvalue weighted by Gasteiger charge is -2.49. The van der Waals surface area contributed by atoms with E-state index in [-0.39, 0.29) is 5.97 Å². The second-order valence-corrected chi connectivity index (χ2v) is 7.01. The van der Waals surface area contributed by atoms with Crippen molar-refractivity contribution in [3.8, 4) is 0 Å². The molecule has 1 fully saturated rings. The summed E-state index contributed by atoms with van der Waals surface area (Å²) < 4.78 is 5.26. The smallest absolute Gasteiger partial charge is 0.315 e. The molecule has 0 aliphatic heterocycles. The molecule has 0 aromatic heterocycles. The molecule has 3 aliphatic rings. The van der Waals surface area contributed by atoms with Gasteiger partial charge in [-0.1, -0.05) is 18.6 Å². The molecular weight excluding hydrogens is 236 g/mol. The highest BCUT2D eigenvalue weighted by Gasteiger charge is 2.51. The molecule has 3 atom stereocenters. The van der Waals surface area contributed by atoms with Crippen molar-refractivity contribution in [2.75, 3.05) is 6.61 Å². The largest absolute Gasteiger partial charge is 0.465 e. The molecule has 0 aromatic rings. The summed E-state index contributed by atoms with van der Waals surface area (Å²) >= 11 is 0. The zero-order chi connectivity index (χ0) is 13.8. The fourth-order valence-corrected chi connectivity index (χ4v) is 4.44. The van der Waals surface area contributed by atoms with Crippen molar-refractivity contribution < 1.29 is 9.53 Å². The Hall–Kier alpha value is -1.05. The van der Waals surface area contributed by atoms with Crippen LogP contribution in [-0.4, -0.2) is 12.6 Å². The Morgan fingerprint density at radius 1 is 1.42 bits per heavy atom. The number of fused-ring (bicyclic) bond motifs is 2. The second-order valence-electron chi connectivity index (χ2n) is 7.01. The summed E-state index contributed by atoms with van der Waals surface area (Å²) in [5, 5.41) is 0. The highest BCUT2D eigenvalue weighted by atomic mass is 16.5. The van der Waals surface area contributed by atoms with Gasteiger partial charge in [0.25, 0.3) is 0 Å². The monoisotopic (exact) mass is 260 g/mol. The summed E-state index contributed by atoms with van der Waals surface area (Å²) in [6, 6.07) is 0. The molecule has 0 N–H and O–H groups in total. The van der Waals surface area contributed by atoms with Crippen LogP contribution in [0.25, 0.3) is 0 Å². The minimum Gasteiger partial charge on any atom is -0.465 e. The number of carbonyl (C=O) groups is 1. The topological polar surface area (TPSA) is 26.3 Å². The lowest BCUT2D eigenvalue weighted by Crippen LogP contribution is -2.37. The van der Waals surface area contributed by atoms with E-state index >= 15 is 0 Å². The molecule has 0 bridgehead atoms. The molecule has 1 unspecified atom stereocenters. The first-order valence-electron chi connectivity index (χ1n) is 7.50. The van der Waals surface area contributed by atoms with Gasteiger partial charge in [-0.25, -0.2) is 0 Å². The van der Waals surface area contributed by atoms with Gasteiger partial charge in [0.05, 0.1) is 12.0 Å². The molecule has 0 spiro atoms. The van der Waals surface area contributed by atoms with E-state index in [0.717, 1.165) is 6.42 Å². The fraction of sp³-hybridized carbons (Fsp3) is 0.706. The summed E-state index contributed by atoms with van der Waals surface area (Å²) in [5.74, 6) is 0.510. The third-order valence-corrected chi connectivity index (χ3v) is 5.56. The van der Waals surface area contributed by atoms with Gasteiger partial charge in [0.1, 0.15) is 0 Å².